The molecule has 2 aromatic rings. The fourth-order valence-corrected chi connectivity index (χ4v) is 3.08. The molecular weight excluding hydrogens is 338 g/mol. The lowest BCUT2D eigenvalue weighted by molar-refractivity contribution is -0.188. The average Bonchev–Trinajstić information content (AvgIpc) is 2.69. The molecule has 1 aliphatic rings. The summed E-state index contributed by atoms with van der Waals surface area (Å²) in [6.07, 6.45) is -8.29. The van der Waals surface area contributed by atoms with Crippen LogP contribution in [0.3, 0.4) is 0 Å². The van der Waals surface area contributed by atoms with Crippen molar-refractivity contribution in [1.29, 1.82) is 0 Å². The lowest BCUT2D eigenvalue weighted by Crippen LogP contribution is -2.68. The van der Waals surface area contributed by atoms with Gasteiger partial charge in [0.1, 0.15) is 30.5 Å². The van der Waals surface area contributed by atoms with Gasteiger partial charge < -0.3 is 30.8 Å². The molecule has 6 atom stereocenters. The lowest BCUT2D eigenvalue weighted by Gasteiger charge is -2.42. The molecule has 1 saturated carbocycles. The van der Waals surface area contributed by atoms with Crippen molar-refractivity contribution in [3.63, 3.8) is 0 Å². The van der Waals surface area contributed by atoms with Gasteiger partial charge in [0.25, 0.3) is 5.91 Å². The molecule has 6 N–H and O–H groups in total. The van der Waals surface area contributed by atoms with E-state index in [0.717, 1.165) is 11.1 Å². The molecule has 1 aliphatic carbocycles. The molecule has 3 rings (SSSR count). The highest BCUT2D eigenvalue weighted by atomic mass is 16.4. The van der Waals surface area contributed by atoms with Gasteiger partial charge in [0.05, 0.1) is 6.04 Å². The lowest BCUT2D eigenvalue weighted by atomic mass is 9.83. The predicted molar refractivity (Wildman–Crippen MR) is 93.2 cm³/mol. The summed E-state index contributed by atoms with van der Waals surface area (Å²) >= 11 is 0. The summed E-state index contributed by atoms with van der Waals surface area (Å²) in [5.41, 5.74) is 2.21. The second kappa shape index (κ2) is 7.53. The number of nitrogens with one attached hydrogen (secondary N) is 1. The molecule has 0 spiro atoms. The van der Waals surface area contributed by atoms with Crippen molar-refractivity contribution in [2.24, 2.45) is 0 Å². The fraction of sp³-hybridized carbons (Fsp3) is 0.316. The number of benzene rings is 2. The Balaban J connectivity index is 1.73. The number of aliphatic hydroxyl groups is 5. The van der Waals surface area contributed by atoms with E-state index in [1.54, 1.807) is 24.3 Å². The van der Waals surface area contributed by atoms with Crippen LogP contribution in [0.5, 0.6) is 0 Å². The molecule has 7 nitrogen and oxygen atoms in total. The van der Waals surface area contributed by atoms with Crippen LogP contribution in [0.4, 0.5) is 0 Å². The Morgan fingerprint density at radius 2 is 1.12 bits per heavy atom. The van der Waals surface area contributed by atoms with Crippen LogP contribution in [0.1, 0.15) is 10.4 Å². The highest BCUT2D eigenvalue weighted by Gasteiger charge is 2.48. The van der Waals surface area contributed by atoms with Gasteiger partial charge in [0.2, 0.25) is 0 Å². The first-order chi connectivity index (χ1) is 12.4. The number of aliphatic hydroxyl groups excluding tert-OH is 5. The first-order valence-corrected chi connectivity index (χ1v) is 8.27. The van der Waals surface area contributed by atoms with Gasteiger partial charge in [0, 0.05) is 5.56 Å². The van der Waals surface area contributed by atoms with Gasteiger partial charge >= 0.3 is 0 Å². The maximum atomic E-state index is 12.4. The first kappa shape index (κ1) is 18.5. The van der Waals surface area contributed by atoms with E-state index in [-0.39, 0.29) is 0 Å². The van der Waals surface area contributed by atoms with Crippen molar-refractivity contribution >= 4 is 5.91 Å². The molecule has 2 unspecified atom stereocenters. The van der Waals surface area contributed by atoms with Gasteiger partial charge in [-0.15, -0.1) is 0 Å². The number of carbonyl (C=O) groups excluding carboxylic acids is 1. The third kappa shape index (κ3) is 3.48. The summed E-state index contributed by atoms with van der Waals surface area (Å²) in [6.45, 7) is 0. The Kier molecular flexibility index (Phi) is 5.36. The average molecular weight is 359 g/mol. The summed E-state index contributed by atoms with van der Waals surface area (Å²) in [5.74, 6) is -0.580. The molecule has 0 aromatic heterocycles. The predicted octanol–water partition coefficient (Wildman–Crippen LogP) is -0.730. The van der Waals surface area contributed by atoms with E-state index in [1.165, 1.54) is 0 Å². The Morgan fingerprint density at radius 3 is 1.65 bits per heavy atom. The minimum absolute atomic E-state index is 0.291. The minimum atomic E-state index is -1.70. The van der Waals surface area contributed by atoms with Crippen molar-refractivity contribution < 1.29 is 30.3 Å². The Bertz CT molecular complexity index is 734. The summed E-state index contributed by atoms with van der Waals surface area (Å²) < 4.78 is 0. The van der Waals surface area contributed by atoms with E-state index >= 15 is 0 Å². The van der Waals surface area contributed by atoms with Crippen LogP contribution in [-0.4, -0.2) is 68.0 Å². The highest BCUT2D eigenvalue weighted by molar-refractivity contribution is 5.95. The zero-order valence-electron chi connectivity index (χ0n) is 13.8. The van der Waals surface area contributed by atoms with Gasteiger partial charge in [-0.25, -0.2) is 0 Å². The van der Waals surface area contributed by atoms with E-state index < -0.39 is 42.5 Å². The van der Waals surface area contributed by atoms with Gasteiger partial charge in [-0.05, 0) is 23.3 Å². The molecule has 0 radical (unpaired) electrons. The van der Waals surface area contributed by atoms with Gasteiger partial charge in [0.15, 0.2) is 0 Å². The molecular formula is C19H21NO6. The number of hydrogen-bond donors (Lipinski definition) is 6. The molecule has 0 saturated heterocycles. The van der Waals surface area contributed by atoms with Crippen molar-refractivity contribution in [2.45, 2.75) is 36.6 Å². The van der Waals surface area contributed by atoms with Crippen LogP contribution in [-0.2, 0) is 0 Å². The number of carbonyl (C=O) groups is 1. The first-order valence-electron chi connectivity index (χ1n) is 8.27. The van der Waals surface area contributed by atoms with Crippen molar-refractivity contribution in [1.82, 2.24) is 5.32 Å². The SMILES string of the molecule is O=C(NC1[C@H](O)[C@H](O)C(O)[C@H](O)[C@H]1O)c1ccc(-c2ccccc2)cc1. The fourth-order valence-electron chi connectivity index (χ4n) is 3.08. The molecule has 1 fully saturated rings. The topological polar surface area (TPSA) is 130 Å². The largest absolute Gasteiger partial charge is 0.388 e. The molecule has 0 heterocycles. The smallest absolute Gasteiger partial charge is 0.251 e. The maximum absolute atomic E-state index is 12.4. The highest BCUT2D eigenvalue weighted by Crippen LogP contribution is 2.23. The second-order valence-corrected chi connectivity index (χ2v) is 6.40. The van der Waals surface area contributed by atoms with Gasteiger partial charge in [-0.2, -0.15) is 0 Å². The van der Waals surface area contributed by atoms with Crippen molar-refractivity contribution in [3.05, 3.63) is 60.2 Å². The molecule has 26 heavy (non-hydrogen) atoms. The summed E-state index contributed by atoms with van der Waals surface area (Å²) in [7, 11) is 0. The van der Waals surface area contributed by atoms with E-state index in [4.69, 9.17) is 0 Å². The molecule has 2 aromatic carbocycles. The molecule has 138 valence electrons. The molecule has 1 amide bonds. The monoisotopic (exact) mass is 359 g/mol. The zero-order valence-corrected chi connectivity index (χ0v) is 13.8. The Hall–Kier alpha value is -2.29. The van der Waals surface area contributed by atoms with Crippen LogP contribution >= 0.6 is 0 Å². The normalized spacial score (nSPS) is 31.4. The summed E-state index contributed by atoms with van der Waals surface area (Å²) in [5, 5.41) is 51.4. The maximum Gasteiger partial charge on any atom is 0.251 e. The van der Waals surface area contributed by atoms with Crippen LogP contribution < -0.4 is 5.32 Å². The van der Waals surface area contributed by atoms with Crippen LogP contribution in [0.2, 0.25) is 0 Å². The number of rotatable bonds is 3. The molecule has 0 aliphatic heterocycles. The third-order valence-corrected chi connectivity index (χ3v) is 4.69. The molecule has 7 heteroatoms. The van der Waals surface area contributed by atoms with Crippen molar-refractivity contribution in [3.8, 4) is 11.1 Å². The number of hydrogen-bond acceptors (Lipinski definition) is 6. The standard InChI is InChI=1S/C19H21NO6/c21-14-13(15(22)17(24)18(25)16(14)23)20-19(26)12-8-6-11(7-9-12)10-4-2-1-3-5-10/h1-9,13-18,21-25H,(H,20,26)/t13?,14-,15-,16-,17+,18?/m0/s1. The summed E-state index contributed by atoms with van der Waals surface area (Å²) in [6, 6.07) is 15.0. The quantitative estimate of drug-likeness (QED) is 0.429. The minimum Gasteiger partial charge on any atom is -0.388 e. The van der Waals surface area contributed by atoms with E-state index in [0.29, 0.717) is 5.56 Å². The van der Waals surface area contributed by atoms with Gasteiger partial charge in [-0.1, -0.05) is 42.5 Å². The number of amides is 1. The second-order valence-electron chi connectivity index (χ2n) is 6.40. The zero-order chi connectivity index (χ0) is 18.8. The third-order valence-electron chi connectivity index (χ3n) is 4.69. The van der Waals surface area contributed by atoms with Crippen LogP contribution in [0, 0.1) is 0 Å². The Morgan fingerprint density at radius 1 is 0.654 bits per heavy atom. The van der Waals surface area contributed by atoms with Gasteiger partial charge in [-0.3, -0.25) is 4.79 Å². The van der Waals surface area contributed by atoms with E-state index in [1.807, 2.05) is 30.3 Å². The van der Waals surface area contributed by atoms with Crippen LogP contribution in [0.25, 0.3) is 11.1 Å². The van der Waals surface area contributed by atoms with E-state index in [9.17, 15) is 30.3 Å². The Labute approximate surface area is 150 Å². The van der Waals surface area contributed by atoms with E-state index in [2.05, 4.69) is 5.32 Å². The molecule has 0 bridgehead atoms. The van der Waals surface area contributed by atoms with Crippen molar-refractivity contribution in [2.75, 3.05) is 0 Å². The summed E-state index contributed by atoms with van der Waals surface area (Å²) in [4.78, 5) is 12.4. The van der Waals surface area contributed by atoms with Crippen LogP contribution in [0.15, 0.2) is 54.6 Å².